The number of rotatable bonds is 5. The van der Waals surface area contributed by atoms with Crippen LogP contribution in [0.2, 0.25) is 0 Å². The van der Waals surface area contributed by atoms with Gasteiger partial charge in [0.2, 0.25) is 0 Å². The zero-order valence-electron chi connectivity index (χ0n) is 20.6. The number of amides is 1. The Morgan fingerprint density at radius 2 is 1.54 bits per heavy atom. The number of esters is 1. The summed E-state index contributed by atoms with van der Waals surface area (Å²) in [6, 6.07) is 19.4. The smallest absolute Gasteiger partial charge is 0.414 e. The van der Waals surface area contributed by atoms with Crippen LogP contribution in [0.3, 0.4) is 0 Å². The first-order chi connectivity index (χ1) is 16.6. The van der Waals surface area contributed by atoms with Crippen LogP contribution in [-0.4, -0.2) is 37.6 Å². The number of anilines is 1. The number of hydrogen-bond acceptors (Lipinski definition) is 5. The third-order valence-electron chi connectivity index (χ3n) is 6.18. The molecule has 0 heterocycles. The quantitative estimate of drug-likeness (QED) is 0.330. The standard InChI is InChI=1S/C29H29NO5/c1-18-19(16-31)14-20(15-25(18)27(32)35-29(2,3)4)30(5)28(33)34-17-26-23-12-8-6-10-21(23)22-11-7-9-13-24(22)26/h6-16,26H,17H2,1-5H3. The summed E-state index contributed by atoms with van der Waals surface area (Å²) in [6.07, 6.45) is 0.0841. The Hall–Kier alpha value is -3.93. The maximum atomic E-state index is 13.0. The van der Waals surface area contributed by atoms with E-state index in [0.29, 0.717) is 23.1 Å². The summed E-state index contributed by atoms with van der Waals surface area (Å²) >= 11 is 0. The van der Waals surface area contributed by atoms with Crippen molar-refractivity contribution in [3.63, 3.8) is 0 Å². The van der Waals surface area contributed by atoms with Gasteiger partial charge >= 0.3 is 12.1 Å². The molecule has 0 fully saturated rings. The Kier molecular flexibility index (Phi) is 6.48. The molecule has 3 aromatic rings. The molecule has 0 saturated heterocycles. The first-order valence-corrected chi connectivity index (χ1v) is 11.5. The fourth-order valence-corrected chi connectivity index (χ4v) is 4.38. The van der Waals surface area contributed by atoms with E-state index in [1.807, 2.05) is 24.3 Å². The summed E-state index contributed by atoms with van der Waals surface area (Å²) in [7, 11) is 1.55. The molecule has 0 saturated carbocycles. The maximum Gasteiger partial charge on any atom is 0.414 e. The van der Waals surface area contributed by atoms with Crippen molar-refractivity contribution in [2.24, 2.45) is 0 Å². The molecule has 35 heavy (non-hydrogen) atoms. The molecule has 4 rings (SSSR count). The molecule has 1 aliphatic carbocycles. The van der Waals surface area contributed by atoms with Gasteiger partial charge in [-0.05, 0) is 67.6 Å². The zero-order valence-corrected chi connectivity index (χ0v) is 20.6. The first kappa shape index (κ1) is 24.2. The fraction of sp³-hybridized carbons (Fsp3) is 0.276. The Labute approximate surface area is 205 Å². The van der Waals surface area contributed by atoms with Crippen molar-refractivity contribution in [2.75, 3.05) is 18.6 Å². The molecule has 0 bridgehead atoms. The highest BCUT2D eigenvalue weighted by Gasteiger charge is 2.30. The highest BCUT2D eigenvalue weighted by atomic mass is 16.6. The molecule has 3 aromatic carbocycles. The van der Waals surface area contributed by atoms with Gasteiger partial charge in [0, 0.05) is 24.2 Å². The Bertz CT molecular complexity index is 1260. The molecule has 0 radical (unpaired) electrons. The summed E-state index contributed by atoms with van der Waals surface area (Å²) in [6.45, 7) is 7.16. The van der Waals surface area contributed by atoms with Gasteiger partial charge in [0.25, 0.3) is 0 Å². The number of fused-ring (bicyclic) bond motifs is 3. The number of benzene rings is 3. The molecule has 1 amide bonds. The van der Waals surface area contributed by atoms with Gasteiger partial charge in [-0.15, -0.1) is 0 Å². The fourth-order valence-electron chi connectivity index (χ4n) is 4.38. The lowest BCUT2D eigenvalue weighted by Gasteiger charge is -2.23. The van der Waals surface area contributed by atoms with Crippen molar-refractivity contribution < 1.29 is 23.9 Å². The summed E-state index contributed by atoms with van der Waals surface area (Å²) < 4.78 is 11.2. The molecule has 0 aliphatic heterocycles. The van der Waals surface area contributed by atoms with Crippen LogP contribution in [0.25, 0.3) is 11.1 Å². The minimum absolute atomic E-state index is 0.0689. The molecular weight excluding hydrogens is 442 g/mol. The van der Waals surface area contributed by atoms with Gasteiger partial charge in [-0.2, -0.15) is 0 Å². The van der Waals surface area contributed by atoms with Crippen LogP contribution >= 0.6 is 0 Å². The highest BCUT2D eigenvalue weighted by molar-refractivity contribution is 5.98. The van der Waals surface area contributed by atoms with E-state index in [1.165, 1.54) is 4.90 Å². The van der Waals surface area contributed by atoms with Crippen molar-refractivity contribution >= 4 is 24.0 Å². The lowest BCUT2D eigenvalue weighted by atomic mass is 9.98. The van der Waals surface area contributed by atoms with E-state index in [1.54, 1.807) is 46.9 Å². The normalized spacial score (nSPS) is 12.5. The third-order valence-corrected chi connectivity index (χ3v) is 6.18. The van der Waals surface area contributed by atoms with Gasteiger partial charge < -0.3 is 9.47 Å². The van der Waals surface area contributed by atoms with E-state index in [0.717, 1.165) is 22.3 Å². The van der Waals surface area contributed by atoms with Gasteiger partial charge in [-0.3, -0.25) is 9.69 Å². The van der Waals surface area contributed by atoms with Crippen LogP contribution < -0.4 is 4.90 Å². The minimum Gasteiger partial charge on any atom is -0.456 e. The van der Waals surface area contributed by atoms with E-state index >= 15 is 0 Å². The van der Waals surface area contributed by atoms with Crippen LogP contribution in [0, 0.1) is 6.92 Å². The molecular formula is C29H29NO5. The second-order valence-corrected chi connectivity index (χ2v) is 9.69. The Morgan fingerprint density at radius 3 is 2.09 bits per heavy atom. The first-order valence-electron chi connectivity index (χ1n) is 11.5. The second kappa shape index (κ2) is 9.37. The molecule has 0 unspecified atom stereocenters. The topological polar surface area (TPSA) is 72.9 Å². The van der Waals surface area contributed by atoms with Crippen molar-refractivity contribution in [1.29, 1.82) is 0 Å². The van der Waals surface area contributed by atoms with Gasteiger partial charge in [0.05, 0.1) is 5.56 Å². The SMILES string of the molecule is Cc1c(C=O)cc(N(C)C(=O)OCC2c3ccccc3-c3ccccc32)cc1C(=O)OC(C)(C)C. The Balaban J connectivity index is 1.56. The lowest BCUT2D eigenvalue weighted by molar-refractivity contribution is 0.00686. The van der Waals surface area contributed by atoms with Gasteiger partial charge in [0.1, 0.15) is 18.5 Å². The van der Waals surface area contributed by atoms with Crippen LogP contribution in [0.1, 0.15) is 64.1 Å². The lowest BCUT2D eigenvalue weighted by Crippen LogP contribution is -2.29. The molecule has 0 N–H and O–H groups in total. The van der Waals surface area contributed by atoms with Gasteiger partial charge in [0.15, 0.2) is 0 Å². The van der Waals surface area contributed by atoms with Gasteiger partial charge in [-0.25, -0.2) is 9.59 Å². The number of carbonyl (C=O) groups excluding carboxylic acids is 3. The van der Waals surface area contributed by atoms with E-state index in [4.69, 9.17) is 9.47 Å². The second-order valence-electron chi connectivity index (χ2n) is 9.69. The molecule has 0 atom stereocenters. The highest BCUT2D eigenvalue weighted by Crippen LogP contribution is 2.44. The summed E-state index contributed by atoms with van der Waals surface area (Å²) in [5.41, 5.74) is 5.25. The number of nitrogens with zero attached hydrogens (tertiary/aromatic N) is 1. The average Bonchev–Trinajstić information content (AvgIpc) is 3.14. The van der Waals surface area contributed by atoms with Crippen LogP contribution in [0.5, 0.6) is 0 Å². The predicted molar refractivity (Wildman–Crippen MR) is 135 cm³/mol. The average molecular weight is 472 g/mol. The molecule has 1 aliphatic rings. The van der Waals surface area contributed by atoms with Gasteiger partial charge in [-0.1, -0.05) is 48.5 Å². The number of hydrogen-bond donors (Lipinski definition) is 0. The summed E-state index contributed by atoms with van der Waals surface area (Å²) in [5.74, 6) is -0.624. The summed E-state index contributed by atoms with van der Waals surface area (Å²) in [4.78, 5) is 38.7. The third kappa shape index (κ3) is 4.83. The largest absolute Gasteiger partial charge is 0.456 e. The monoisotopic (exact) mass is 471 g/mol. The summed E-state index contributed by atoms with van der Waals surface area (Å²) in [5, 5.41) is 0. The molecule has 6 nitrogen and oxygen atoms in total. The van der Waals surface area contributed by atoms with Crippen molar-refractivity contribution in [3.8, 4) is 11.1 Å². The van der Waals surface area contributed by atoms with E-state index in [-0.39, 0.29) is 18.1 Å². The number of aldehydes is 1. The van der Waals surface area contributed by atoms with Crippen molar-refractivity contribution in [2.45, 2.75) is 39.2 Å². The van der Waals surface area contributed by atoms with Crippen molar-refractivity contribution in [3.05, 3.63) is 88.5 Å². The predicted octanol–water partition coefficient (Wildman–Crippen LogP) is 6.15. The van der Waals surface area contributed by atoms with E-state index < -0.39 is 17.7 Å². The molecule has 0 aromatic heterocycles. The Morgan fingerprint density at radius 1 is 0.971 bits per heavy atom. The van der Waals surface area contributed by atoms with E-state index in [2.05, 4.69) is 24.3 Å². The van der Waals surface area contributed by atoms with Crippen LogP contribution in [-0.2, 0) is 9.47 Å². The van der Waals surface area contributed by atoms with E-state index in [9.17, 15) is 14.4 Å². The number of carbonyl (C=O) groups is 3. The van der Waals surface area contributed by atoms with Crippen molar-refractivity contribution in [1.82, 2.24) is 0 Å². The molecule has 6 heteroatoms. The number of ether oxygens (including phenoxy) is 2. The van der Waals surface area contributed by atoms with Crippen LogP contribution in [0.4, 0.5) is 10.5 Å². The minimum atomic E-state index is -0.695. The molecule has 0 spiro atoms. The maximum absolute atomic E-state index is 13.0. The zero-order chi connectivity index (χ0) is 25.3. The van der Waals surface area contributed by atoms with Crippen LogP contribution in [0.15, 0.2) is 60.7 Å². The molecule has 180 valence electrons.